The number of rotatable bonds is 7. The van der Waals surface area contributed by atoms with Crippen LogP contribution in [-0.2, 0) is 14.4 Å². The molecular formula is C19H26N4O3S. The number of nitrogens with zero attached hydrogens (tertiary/aromatic N) is 4. The minimum atomic E-state index is -0.175. The van der Waals surface area contributed by atoms with Crippen LogP contribution >= 0.6 is 11.8 Å². The van der Waals surface area contributed by atoms with Crippen molar-refractivity contribution in [2.75, 3.05) is 43.9 Å². The number of hydrogen-bond donors (Lipinski definition) is 0. The summed E-state index contributed by atoms with van der Waals surface area (Å²) in [5.74, 6) is -0.239. The zero-order valence-electron chi connectivity index (χ0n) is 16.3. The fraction of sp³-hybridized carbons (Fsp3) is 0.474. The third-order valence-electron chi connectivity index (χ3n) is 4.32. The maximum absolute atomic E-state index is 12.4. The smallest absolute Gasteiger partial charge is 0.254 e. The molecule has 0 aromatic heterocycles. The average molecular weight is 391 g/mol. The van der Waals surface area contributed by atoms with Gasteiger partial charge in [-0.05, 0) is 32.9 Å². The first kappa shape index (κ1) is 21.0. The van der Waals surface area contributed by atoms with Gasteiger partial charge in [0.15, 0.2) is 5.17 Å². The summed E-state index contributed by atoms with van der Waals surface area (Å²) in [7, 11) is 1.61. The van der Waals surface area contributed by atoms with Crippen molar-refractivity contribution in [3.8, 4) is 0 Å². The van der Waals surface area contributed by atoms with Crippen LogP contribution in [0.15, 0.2) is 29.3 Å². The van der Waals surface area contributed by atoms with Crippen molar-refractivity contribution in [2.24, 2.45) is 4.99 Å². The lowest BCUT2D eigenvalue weighted by Crippen LogP contribution is -2.41. The molecule has 1 heterocycles. The van der Waals surface area contributed by atoms with Crippen molar-refractivity contribution in [3.63, 3.8) is 0 Å². The Morgan fingerprint density at radius 3 is 2.37 bits per heavy atom. The fourth-order valence-electron chi connectivity index (χ4n) is 2.65. The molecule has 0 aliphatic carbocycles. The Hall–Kier alpha value is -2.35. The van der Waals surface area contributed by atoms with E-state index in [1.807, 2.05) is 45.0 Å². The molecule has 0 unspecified atom stereocenters. The van der Waals surface area contributed by atoms with E-state index in [-0.39, 0.29) is 36.6 Å². The summed E-state index contributed by atoms with van der Waals surface area (Å²) in [6, 6.07) is 7.60. The normalized spacial score (nSPS) is 13.6. The Morgan fingerprint density at radius 2 is 1.78 bits per heavy atom. The zero-order chi connectivity index (χ0) is 20.0. The topological polar surface area (TPSA) is 73.3 Å². The van der Waals surface area contributed by atoms with Crippen LogP contribution in [-0.4, -0.2) is 71.7 Å². The molecule has 0 atom stereocenters. The summed E-state index contributed by atoms with van der Waals surface area (Å²) in [6.45, 7) is 7.18. The van der Waals surface area contributed by atoms with E-state index >= 15 is 0 Å². The lowest BCUT2D eigenvalue weighted by molar-refractivity contribution is -0.137. The van der Waals surface area contributed by atoms with E-state index in [0.29, 0.717) is 18.3 Å². The first-order chi connectivity index (χ1) is 12.9. The third kappa shape index (κ3) is 5.32. The zero-order valence-corrected chi connectivity index (χ0v) is 17.1. The summed E-state index contributed by atoms with van der Waals surface area (Å²) in [5.41, 5.74) is 1.85. The Bertz CT molecular complexity index is 729. The maximum atomic E-state index is 12.4. The third-order valence-corrected chi connectivity index (χ3v) is 5.28. The number of aryl methyl sites for hydroxylation is 1. The van der Waals surface area contributed by atoms with E-state index in [9.17, 15) is 14.4 Å². The number of amides is 3. The number of amidine groups is 1. The first-order valence-corrected chi connectivity index (χ1v) is 9.94. The van der Waals surface area contributed by atoms with Gasteiger partial charge in [-0.2, -0.15) is 0 Å². The molecule has 0 bridgehead atoms. The molecule has 0 N–H and O–H groups in total. The van der Waals surface area contributed by atoms with Crippen LogP contribution in [0.1, 0.15) is 19.4 Å². The number of carbonyl (C=O) groups is 3. The SMILES string of the molecule is CCN(CC)C(=O)CN(C)C(=O)CSC1=NCC(=O)N1c1ccc(C)cc1. The van der Waals surface area contributed by atoms with Gasteiger partial charge in [-0.3, -0.25) is 24.3 Å². The highest BCUT2D eigenvalue weighted by Crippen LogP contribution is 2.24. The van der Waals surface area contributed by atoms with Crippen molar-refractivity contribution in [3.05, 3.63) is 29.8 Å². The van der Waals surface area contributed by atoms with E-state index in [1.165, 1.54) is 16.7 Å². The Balaban J connectivity index is 1.94. The van der Waals surface area contributed by atoms with Crippen molar-refractivity contribution in [2.45, 2.75) is 20.8 Å². The van der Waals surface area contributed by atoms with Gasteiger partial charge in [-0.15, -0.1) is 0 Å². The summed E-state index contributed by atoms with van der Waals surface area (Å²) >= 11 is 1.22. The van der Waals surface area contributed by atoms with Gasteiger partial charge < -0.3 is 9.80 Å². The number of likely N-dealkylation sites (N-methyl/N-ethyl adjacent to an activating group) is 2. The molecular weight excluding hydrogens is 364 g/mol. The molecule has 8 heteroatoms. The summed E-state index contributed by atoms with van der Waals surface area (Å²) < 4.78 is 0. The van der Waals surface area contributed by atoms with E-state index in [0.717, 1.165) is 11.3 Å². The molecule has 27 heavy (non-hydrogen) atoms. The highest BCUT2D eigenvalue weighted by molar-refractivity contribution is 8.14. The van der Waals surface area contributed by atoms with Gasteiger partial charge in [-0.1, -0.05) is 29.5 Å². The number of hydrogen-bond acceptors (Lipinski definition) is 5. The highest BCUT2D eigenvalue weighted by Gasteiger charge is 2.28. The standard InChI is InChI=1S/C19H26N4O3S/c1-5-22(6-2)17(25)12-21(4)18(26)13-27-19-20-11-16(24)23(19)15-9-7-14(3)8-10-15/h7-10H,5-6,11-13H2,1-4H3. The number of thioether (sulfide) groups is 1. The van der Waals surface area contributed by atoms with Crippen molar-refractivity contribution in [1.29, 1.82) is 0 Å². The largest absolute Gasteiger partial charge is 0.342 e. The molecule has 1 aliphatic heterocycles. The average Bonchev–Trinajstić information content (AvgIpc) is 3.02. The van der Waals surface area contributed by atoms with Crippen LogP contribution in [0, 0.1) is 6.92 Å². The van der Waals surface area contributed by atoms with Gasteiger partial charge >= 0.3 is 0 Å². The van der Waals surface area contributed by atoms with E-state index in [2.05, 4.69) is 4.99 Å². The molecule has 0 saturated carbocycles. The highest BCUT2D eigenvalue weighted by atomic mass is 32.2. The van der Waals surface area contributed by atoms with Gasteiger partial charge in [0.2, 0.25) is 11.8 Å². The molecule has 0 fully saturated rings. The van der Waals surface area contributed by atoms with Gasteiger partial charge in [0.1, 0.15) is 6.54 Å². The summed E-state index contributed by atoms with van der Waals surface area (Å²) in [5, 5.41) is 0.515. The maximum Gasteiger partial charge on any atom is 0.254 e. The van der Waals surface area contributed by atoms with Gasteiger partial charge in [0, 0.05) is 20.1 Å². The fourth-order valence-corrected chi connectivity index (χ4v) is 3.61. The van der Waals surface area contributed by atoms with Crippen LogP contribution < -0.4 is 4.90 Å². The molecule has 7 nitrogen and oxygen atoms in total. The number of benzene rings is 1. The minimum Gasteiger partial charge on any atom is -0.342 e. The summed E-state index contributed by atoms with van der Waals surface area (Å²) in [4.78, 5) is 45.6. The Kier molecular flexibility index (Phi) is 7.41. The number of carbonyl (C=O) groups excluding carboxylic acids is 3. The van der Waals surface area contributed by atoms with Gasteiger partial charge in [0.05, 0.1) is 18.0 Å². The van der Waals surface area contributed by atoms with Crippen LogP contribution in [0.3, 0.4) is 0 Å². The lowest BCUT2D eigenvalue weighted by atomic mass is 10.2. The lowest BCUT2D eigenvalue weighted by Gasteiger charge is -2.23. The van der Waals surface area contributed by atoms with E-state index in [4.69, 9.17) is 0 Å². The monoisotopic (exact) mass is 390 g/mol. The molecule has 3 amide bonds. The van der Waals surface area contributed by atoms with Gasteiger partial charge in [-0.25, -0.2) is 0 Å². The molecule has 146 valence electrons. The molecule has 1 aliphatic rings. The Morgan fingerprint density at radius 1 is 1.15 bits per heavy atom. The van der Waals surface area contributed by atoms with E-state index < -0.39 is 0 Å². The van der Waals surface area contributed by atoms with Crippen LogP contribution in [0.2, 0.25) is 0 Å². The van der Waals surface area contributed by atoms with Crippen LogP contribution in [0.4, 0.5) is 5.69 Å². The molecule has 1 aromatic carbocycles. The van der Waals surface area contributed by atoms with Gasteiger partial charge in [0.25, 0.3) is 5.91 Å². The second-order valence-corrected chi connectivity index (χ2v) is 7.21. The predicted molar refractivity (Wildman–Crippen MR) is 109 cm³/mol. The molecule has 0 saturated heterocycles. The van der Waals surface area contributed by atoms with Crippen LogP contribution in [0.25, 0.3) is 0 Å². The predicted octanol–water partition coefficient (Wildman–Crippen LogP) is 1.76. The first-order valence-electron chi connectivity index (χ1n) is 8.96. The molecule has 2 rings (SSSR count). The number of anilines is 1. The quantitative estimate of drug-likeness (QED) is 0.711. The van der Waals surface area contributed by atoms with Crippen LogP contribution in [0.5, 0.6) is 0 Å². The second kappa shape index (κ2) is 9.55. The molecule has 1 aromatic rings. The Labute approximate surface area is 164 Å². The van der Waals surface area contributed by atoms with E-state index in [1.54, 1.807) is 16.8 Å². The molecule has 0 spiro atoms. The number of aliphatic imine (C=N–C) groups is 1. The minimum absolute atomic E-state index is 0.0498. The van der Waals surface area contributed by atoms with Crippen molar-refractivity contribution >= 4 is 40.3 Å². The second-order valence-electron chi connectivity index (χ2n) is 6.27. The molecule has 0 radical (unpaired) electrons. The van der Waals surface area contributed by atoms with Crippen molar-refractivity contribution < 1.29 is 14.4 Å². The van der Waals surface area contributed by atoms with Crippen molar-refractivity contribution in [1.82, 2.24) is 9.80 Å². The summed E-state index contributed by atoms with van der Waals surface area (Å²) in [6.07, 6.45) is 0.